The van der Waals surface area contributed by atoms with E-state index in [0.29, 0.717) is 11.7 Å². The lowest BCUT2D eigenvalue weighted by atomic mass is 9.74. The Bertz CT molecular complexity index is 535. The topological polar surface area (TPSA) is 40.5 Å². The molecule has 25 heavy (non-hydrogen) atoms. The molecule has 2 rings (SSSR count). The molecule has 3 atom stereocenters. The van der Waals surface area contributed by atoms with Crippen molar-refractivity contribution in [1.29, 1.82) is 0 Å². The molecule has 0 aliphatic heterocycles. The van der Waals surface area contributed by atoms with Gasteiger partial charge in [-0.3, -0.25) is 0 Å². The number of rotatable bonds is 8. The van der Waals surface area contributed by atoms with Crippen LogP contribution in [0.15, 0.2) is 18.2 Å². The molecule has 0 bridgehead atoms. The first-order valence-corrected chi connectivity index (χ1v) is 10.4. The first-order chi connectivity index (χ1) is 11.9. The van der Waals surface area contributed by atoms with Gasteiger partial charge >= 0.3 is 0 Å². The summed E-state index contributed by atoms with van der Waals surface area (Å²) >= 11 is 0. The van der Waals surface area contributed by atoms with Gasteiger partial charge in [-0.05, 0) is 60.1 Å². The van der Waals surface area contributed by atoms with E-state index in [1.165, 1.54) is 31.2 Å². The summed E-state index contributed by atoms with van der Waals surface area (Å²) < 4.78 is 0. The van der Waals surface area contributed by atoms with Gasteiger partial charge < -0.3 is 10.2 Å². The summed E-state index contributed by atoms with van der Waals surface area (Å²) in [5.41, 5.74) is 2.36. The molecule has 1 aliphatic carbocycles. The molecule has 0 saturated heterocycles. The maximum Gasteiger partial charge on any atom is 0.119 e. The number of aliphatic hydroxyl groups is 1. The maximum atomic E-state index is 10.7. The Hall–Kier alpha value is -1.02. The minimum atomic E-state index is -0.224. The number of benzene rings is 1. The van der Waals surface area contributed by atoms with Gasteiger partial charge in [-0.25, -0.2) is 0 Å². The fourth-order valence-electron chi connectivity index (χ4n) is 4.44. The fraction of sp³-hybridized carbons (Fsp3) is 0.739. The predicted molar refractivity (Wildman–Crippen MR) is 106 cm³/mol. The molecule has 0 heterocycles. The highest BCUT2D eigenvalue weighted by atomic mass is 16.3. The number of hydrogen-bond acceptors (Lipinski definition) is 2. The number of phenols is 1. The van der Waals surface area contributed by atoms with Gasteiger partial charge in [-0.1, -0.05) is 71.9 Å². The molecule has 0 amide bonds. The van der Waals surface area contributed by atoms with Crippen LogP contribution in [0.2, 0.25) is 0 Å². The van der Waals surface area contributed by atoms with Crippen molar-refractivity contribution in [3.05, 3.63) is 29.3 Å². The highest BCUT2D eigenvalue weighted by molar-refractivity contribution is 5.41. The number of phenolic OH excluding ortho intramolecular Hbond substituents is 1. The van der Waals surface area contributed by atoms with Gasteiger partial charge in [0.15, 0.2) is 0 Å². The molecular formula is C23H38O2. The average Bonchev–Trinajstić information content (AvgIpc) is 2.58. The van der Waals surface area contributed by atoms with Crippen LogP contribution in [-0.4, -0.2) is 16.3 Å². The normalized spacial score (nSPS) is 24.4. The van der Waals surface area contributed by atoms with Crippen LogP contribution in [0.1, 0.15) is 103 Å². The number of hydrogen-bond donors (Lipinski definition) is 2. The van der Waals surface area contributed by atoms with Crippen molar-refractivity contribution in [2.24, 2.45) is 5.92 Å². The Morgan fingerprint density at radius 2 is 1.80 bits per heavy atom. The van der Waals surface area contributed by atoms with Gasteiger partial charge in [0.25, 0.3) is 0 Å². The van der Waals surface area contributed by atoms with Crippen LogP contribution in [0.25, 0.3) is 0 Å². The lowest BCUT2D eigenvalue weighted by Gasteiger charge is -2.33. The summed E-state index contributed by atoms with van der Waals surface area (Å²) in [5, 5.41) is 20.9. The summed E-state index contributed by atoms with van der Waals surface area (Å²) in [7, 11) is 0. The average molecular weight is 347 g/mol. The van der Waals surface area contributed by atoms with Crippen molar-refractivity contribution in [3.63, 3.8) is 0 Å². The van der Waals surface area contributed by atoms with Gasteiger partial charge in [0.2, 0.25) is 0 Å². The fourth-order valence-corrected chi connectivity index (χ4v) is 4.44. The van der Waals surface area contributed by atoms with Crippen molar-refractivity contribution in [3.8, 4) is 5.75 Å². The molecule has 0 aromatic heterocycles. The monoisotopic (exact) mass is 346 g/mol. The summed E-state index contributed by atoms with van der Waals surface area (Å²) in [6.07, 6.45) is 9.94. The molecule has 142 valence electrons. The highest BCUT2D eigenvalue weighted by Gasteiger charge is 2.30. The standard InChI is InChI=1S/C23H38O2/c1-5-7-8-9-12-23(3,4)19-10-11-21(22(25)16-19)18-13-17(6-2)14-20(24)15-18/h10-11,16-18,20,24-25H,5-9,12-15H2,1-4H3/t17-,18+,20-/m1/s1. The summed E-state index contributed by atoms with van der Waals surface area (Å²) in [5.74, 6) is 1.28. The smallest absolute Gasteiger partial charge is 0.119 e. The third-order valence-electron chi connectivity index (χ3n) is 6.26. The van der Waals surface area contributed by atoms with E-state index < -0.39 is 0 Å². The predicted octanol–water partition coefficient (Wildman–Crippen LogP) is 6.29. The molecule has 0 unspecified atom stereocenters. The van der Waals surface area contributed by atoms with Crippen molar-refractivity contribution in [2.45, 2.75) is 103 Å². The molecule has 1 aliphatic rings. The Morgan fingerprint density at radius 1 is 1.04 bits per heavy atom. The third kappa shape index (κ3) is 5.48. The maximum absolute atomic E-state index is 10.7. The van der Waals surface area contributed by atoms with Crippen LogP contribution in [-0.2, 0) is 5.41 Å². The van der Waals surface area contributed by atoms with Crippen LogP contribution in [0, 0.1) is 5.92 Å². The largest absolute Gasteiger partial charge is 0.508 e. The third-order valence-corrected chi connectivity index (χ3v) is 6.26. The molecular weight excluding hydrogens is 308 g/mol. The first-order valence-electron chi connectivity index (χ1n) is 10.4. The lowest BCUT2D eigenvalue weighted by molar-refractivity contribution is 0.0876. The number of aromatic hydroxyl groups is 1. The lowest BCUT2D eigenvalue weighted by Crippen LogP contribution is -2.25. The molecule has 1 saturated carbocycles. The van der Waals surface area contributed by atoms with Crippen LogP contribution in [0.4, 0.5) is 0 Å². The van der Waals surface area contributed by atoms with E-state index in [1.807, 2.05) is 6.07 Å². The summed E-state index contributed by atoms with van der Waals surface area (Å²) in [6.45, 7) is 9.01. The minimum absolute atomic E-state index is 0.0990. The van der Waals surface area contributed by atoms with E-state index in [0.717, 1.165) is 37.7 Å². The van der Waals surface area contributed by atoms with Gasteiger partial charge in [0.05, 0.1) is 6.10 Å². The van der Waals surface area contributed by atoms with Gasteiger partial charge in [-0.2, -0.15) is 0 Å². The van der Waals surface area contributed by atoms with Gasteiger partial charge in [0.1, 0.15) is 5.75 Å². The van der Waals surface area contributed by atoms with Crippen molar-refractivity contribution in [2.75, 3.05) is 0 Å². The molecule has 2 N–H and O–H groups in total. The SMILES string of the molecule is CCCCCCC(C)(C)c1ccc([C@@H]2C[C@H](O)C[C@H](CC)C2)c(O)c1. The summed E-state index contributed by atoms with van der Waals surface area (Å²) in [4.78, 5) is 0. The second-order valence-electron chi connectivity index (χ2n) is 8.80. The van der Waals surface area contributed by atoms with E-state index in [4.69, 9.17) is 0 Å². The zero-order valence-corrected chi connectivity index (χ0v) is 16.7. The second-order valence-corrected chi connectivity index (χ2v) is 8.80. The second kappa shape index (κ2) is 9.07. The van der Waals surface area contributed by atoms with Crippen molar-refractivity contribution >= 4 is 0 Å². The van der Waals surface area contributed by atoms with E-state index >= 15 is 0 Å². The zero-order valence-electron chi connectivity index (χ0n) is 16.7. The molecule has 2 nitrogen and oxygen atoms in total. The molecule has 0 spiro atoms. The highest BCUT2D eigenvalue weighted by Crippen LogP contribution is 2.42. The Morgan fingerprint density at radius 3 is 2.44 bits per heavy atom. The molecule has 1 aromatic rings. The van der Waals surface area contributed by atoms with Crippen LogP contribution >= 0.6 is 0 Å². The minimum Gasteiger partial charge on any atom is -0.508 e. The zero-order chi connectivity index (χ0) is 18.4. The molecule has 1 aromatic carbocycles. The molecule has 2 heteroatoms. The van der Waals surface area contributed by atoms with Gasteiger partial charge in [0, 0.05) is 0 Å². The summed E-state index contributed by atoms with van der Waals surface area (Å²) in [6, 6.07) is 6.31. The van der Waals surface area contributed by atoms with Crippen molar-refractivity contribution in [1.82, 2.24) is 0 Å². The van der Waals surface area contributed by atoms with Crippen LogP contribution in [0.3, 0.4) is 0 Å². The Labute approximate surface area is 154 Å². The Kier molecular flexibility index (Phi) is 7.37. The van der Waals surface area contributed by atoms with Gasteiger partial charge in [-0.15, -0.1) is 0 Å². The first kappa shape index (κ1) is 20.3. The molecule has 1 fully saturated rings. The van der Waals surface area contributed by atoms with Crippen LogP contribution < -0.4 is 0 Å². The van der Waals surface area contributed by atoms with E-state index in [2.05, 4.69) is 39.8 Å². The quantitative estimate of drug-likeness (QED) is 0.543. The number of aliphatic hydroxyl groups excluding tert-OH is 1. The number of unbranched alkanes of at least 4 members (excludes halogenated alkanes) is 3. The van der Waals surface area contributed by atoms with E-state index in [9.17, 15) is 10.2 Å². The van der Waals surface area contributed by atoms with Crippen molar-refractivity contribution < 1.29 is 10.2 Å². The molecule has 0 radical (unpaired) electrons. The van der Waals surface area contributed by atoms with E-state index in [1.54, 1.807) is 0 Å². The van der Waals surface area contributed by atoms with E-state index in [-0.39, 0.29) is 17.4 Å². The Balaban J connectivity index is 2.09. The van der Waals surface area contributed by atoms with Crippen LogP contribution in [0.5, 0.6) is 5.75 Å².